The summed E-state index contributed by atoms with van der Waals surface area (Å²) in [5.41, 5.74) is 3.56. The van der Waals surface area contributed by atoms with Crippen molar-refractivity contribution in [3.05, 3.63) is 52.9 Å². The Morgan fingerprint density at radius 1 is 1.14 bits per heavy atom. The number of carbonyl (C=O) groups excluding carboxylic acids is 2. The first-order valence-electron chi connectivity index (χ1n) is 9.18. The van der Waals surface area contributed by atoms with Crippen molar-refractivity contribution in [3.63, 3.8) is 0 Å². The molecule has 1 fully saturated rings. The number of ether oxygens (including phenoxy) is 1. The largest absolute Gasteiger partial charge is 0.494 e. The van der Waals surface area contributed by atoms with Crippen LogP contribution in [0.1, 0.15) is 30.8 Å². The number of hydrogen-bond donors (Lipinski definition) is 1. The summed E-state index contributed by atoms with van der Waals surface area (Å²) in [5.74, 6) is -0.230. The first kappa shape index (κ1) is 19.8. The number of aromatic nitrogens is 1. The molecule has 0 saturated carbocycles. The van der Waals surface area contributed by atoms with Gasteiger partial charge in [-0.1, -0.05) is 0 Å². The molecule has 28 heavy (non-hydrogen) atoms. The third-order valence-electron chi connectivity index (χ3n) is 4.74. The van der Waals surface area contributed by atoms with Gasteiger partial charge < -0.3 is 9.30 Å². The number of amides is 2. The van der Waals surface area contributed by atoms with Crippen molar-refractivity contribution in [1.29, 1.82) is 0 Å². The van der Waals surface area contributed by atoms with Crippen LogP contribution in [-0.4, -0.2) is 28.1 Å². The molecular formula is C21H23N3O3S. The van der Waals surface area contributed by atoms with Gasteiger partial charge in [-0.2, -0.15) is 0 Å². The average Bonchev–Trinajstić information content (AvgIpc) is 2.93. The van der Waals surface area contributed by atoms with E-state index in [0.29, 0.717) is 18.0 Å². The second-order valence-corrected chi connectivity index (χ2v) is 6.84. The van der Waals surface area contributed by atoms with Gasteiger partial charge in [-0.15, -0.1) is 0 Å². The molecule has 0 atom stereocenters. The molecule has 1 aromatic carbocycles. The van der Waals surface area contributed by atoms with Crippen molar-refractivity contribution >= 4 is 40.9 Å². The zero-order valence-corrected chi connectivity index (χ0v) is 17.2. The molecule has 7 heteroatoms. The fourth-order valence-electron chi connectivity index (χ4n) is 3.37. The summed E-state index contributed by atoms with van der Waals surface area (Å²) in [6.45, 7) is 9.31. The SMILES string of the molecule is CCOc1ccc(N2C(=O)/C(=C\c3cc(C)n(CC)c3C)C(=O)NC2=S)cc1. The van der Waals surface area contributed by atoms with E-state index in [-0.39, 0.29) is 10.7 Å². The first-order valence-corrected chi connectivity index (χ1v) is 9.59. The van der Waals surface area contributed by atoms with Crippen LogP contribution in [0.15, 0.2) is 35.9 Å². The standard InChI is InChI=1S/C21H23N3O3S/c1-5-23-13(3)11-15(14(23)4)12-18-19(25)22-21(28)24(20(18)26)16-7-9-17(10-8-16)27-6-2/h7-12H,5-6H2,1-4H3,(H,22,25,28)/b18-12-. The third kappa shape index (κ3) is 3.57. The number of rotatable bonds is 5. The maximum absolute atomic E-state index is 13.1. The van der Waals surface area contributed by atoms with E-state index in [9.17, 15) is 9.59 Å². The Morgan fingerprint density at radius 3 is 2.39 bits per heavy atom. The maximum Gasteiger partial charge on any atom is 0.270 e. The van der Waals surface area contributed by atoms with Crippen molar-refractivity contribution in [1.82, 2.24) is 9.88 Å². The van der Waals surface area contributed by atoms with E-state index in [4.69, 9.17) is 17.0 Å². The van der Waals surface area contributed by atoms with Crippen LogP contribution < -0.4 is 15.0 Å². The zero-order valence-electron chi connectivity index (χ0n) is 16.4. The van der Waals surface area contributed by atoms with E-state index < -0.39 is 11.8 Å². The Hall–Kier alpha value is -2.93. The Labute approximate surface area is 169 Å². The Kier molecular flexibility index (Phi) is 5.65. The number of anilines is 1. The highest BCUT2D eigenvalue weighted by Gasteiger charge is 2.34. The van der Waals surface area contributed by atoms with Gasteiger partial charge in [0.15, 0.2) is 5.11 Å². The van der Waals surface area contributed by atoms with E-state index in [1.165, 1.54) is 4.90 Å². The molecule has 1 aliphatic rings. The Balaban J connectivity index is 1.98. The van der Waals surface area contributed by atoms with Gasteiger partial charge in [0.05, 0.1) is 12.3 Å². The number of hydrogen-bond acceptors (Lipinski definition) is 4. The molecule has 0 unspecified atom stereocenters. The molecule has 2 aromatic rings. The lowest BCUT2D eigenvalue weighted by atomic mass is 10.1. The minimum Gasteiger partial charge on any atom is -0.494 e. The van der Waals surface area contributed by atoms with E-state index >= 15 is 0 Å². The number of aryl methyl sites for hydroxylation is 1. The van der Waals surface area contributed by atoms with Gasteiger partial charge in [0.25, 0.3) is 11.8 Å². The summed E-state index contributed by atoms with van der Waals surface area (Å²) < 4.78 is 7.57. The molecule has 1 aliphatic heterocycles. The van der Waals surface area contributed by atoms with Gasteiger partial charge in [0.1, 0.15) is 11.3 Å². The van der Waals surface area contributed by atoms with Crippen molar-refractivity contribution < 1.29 is 14.3 Å². The molecule has 1 N–H and O–H groups in total. The molecule has 0 radical (unpaired) electrons. The maximum atomic E-state index is 13.1. The van der Waals surface area contributed by atoms with Crippen molar-refractivity contribution in [2.45, 2.75) is 34.2 Å². The predicted octanol–water partition coefficient (Wildman–Crippen LogP) is 3.35. The molecule has 0 aliphatic carbocycles. The monoisotopic (exact) mass is 397 g/mol. The molecular weight excluding hydrogens is 374 g/mol. The van der Waals surface area contributed by atoms with Crippen molar-refractivity contribution in [3.8, 4) is 5.75 Å². The molecule has 6 nitrogen and oxygen atoms in total. The lowest BCUT2D eigenvalue weighted by Crippen LogP contribution is -2.54. The summed E-state index contributed by atoms with van der Waals surface area (Å²) in [6, 6.07) is 8.99. The topological polar surface area (TPSA) is 63.6 Å². The summed E-state index contributed by atoms with van der Waals surface area (Å²) in [6.07, 6.45) is 1.63. The molecule has 1 saturated heterocycles. The number of carbonyl (C=O) groups is 2. The molecule has 0 bridgehead atoms. The highest BCUT2D eigenvalue weighted by molar-refractivity contribution is 7.80. The molecule has 2 amide bonds. The van der Waals surface area contributed by atoms with Crippen molar-refractivity contribution in [2.24, 2.45) is 0 Å². The van der Waals surface area contributed by atoms with E-state index in [1.54, 1.807) is 30.3 Å². The normalized spacial score (nSPS) is 15.9. The zero-order chi connectivity index (χ0) is 20.4. The minimum absolute atomic E-state index is 0.0545. The Morgan fingerprint density at radius 2 is 1.82 bits per heavy atom. The second-order valence-electron chi connectivity index (χ2n) is 6.46. The van der Waals surface area contributed by atoms with Gasteiger partial charge in [-0.05, 0) is 81.9 Å². The smallest absolute Gasteiger partial charge is 0.270 e. The lowest BCUT2D eigenvalue weighted by Gasteiger charge is -2.29. The molecule has 2 heterocycles. The summed E-state index contributed by atoms with van der Waals surface area (Å²) >= 11 is 5.24. The highest BCUT2D eigenvalue weighted by atomic mass is 32.1. The van der Waals surface area contributed by atoms with Crippen LogP contribution in [0.2, 0.25) is 0 Å². The first-order chi connectivity index (χ1) is 13.4. The van der Waals surface area contributed by atoms with Gasteiger partial charge in [-0.3, -0.25) is 19.8 Å². The minimum atomic E-state index is -0.488. The highest BCUT2D eigenvalue weighted by Crippen LogP contribution is 2.25. The van der Waals surface area contributed by atoms with E-state index in [2.05, 4.69) is 16.8 Å². The summed E-state index contributed by atoms with van der Waals surface area (Å²) in [7, 11) is 0. The van der Waals surface area contributed by atoms with Crippen LogP contribution in [-0.2, 0) is 16.1 Å². The van der Waals surface area contributed by atoms with Crippen LogP contribution in [0.5, 0.6) is 5.75 Å². The molecule has 3 rings (SSSR count). The third-order valence-corrected chi connectivity index (χ3v) is 5.02. The Bertz CT molecular complexity index is 974. The molecule has 146 valence electrons. The summed E-state index contributed by atoms with van der Waals surface area (Å²) in [4.78, 5) is 26.9. The van der Waals surface area contributed by atoms with Crippen LogP contribution in [0, 0.1) is 13.8 Å². The number of nitrogens with one attached hydrogen (secondary N) is 1. The number of nitrogens with zero attached hydrogens (tertiary/aromatic N) is 2. The average molecular weight is 398 g/mol. The van der Waals surface area contributed by atoms with Crippen molar-refractivity contribution in [2.75, 3.05) is 11.5 Å². The quantitative estimate of drug-likeness (QED) is 0.477. The fourth-order valence-corrected chi connectivity index (χ4v) is 3.65. The molecule has 0 spiro atoms. The van der Waals surface area contributed by atoms with Gasteiger partial charge in [-0.25, -0.2) is 0 Å². The summed E-state index contributed by atoms with van der Waals surface area (Å²) in [5, 5.41) is 2.68. The molecule has 1 aromatic heterocycles. The van der Waals surface area contributed by atoms with Crippen LogP contribution in [0.4, 0.5) is 5.69 Å². The van der Waals surface area contributed by atoms with E-state index in [1.807, 2.05) is 26.8 Å². The van der Waals surface area contributed by atoms with Gasteiger partial charge in [0, 0.05) is 17.9 Å². The van der Waals surface area contributed by atoms with Gasteiger partial charge >= 0.3 is 0 Å². The van der Waals surface area contributed by atoms with Gasteiger partial charge in [0.2, 0.25) is 0 Å². The second kappa shape index (κ2) is 7.98. The van der Waals surface area contributed by atoms with E-state index in [0.717, 1.165) is 23.5 Å². The number of thiocarbonyl (C=S) groups is 1. The number of benzene rings is 1. The van der Waals surface area contributed by atoms with Crippen LogP contribution >= 0.6 is 12.2 Å². The fraction of sp³-hybridized carbons (Fsp3) is 0.286. The lowest BCUT2D eigenvalue weighted by molar-refractivity contribution is -0.122. The van der Waals surface area contributed by atoms with Crippen LogP contribution in [0.3, 0.4) is 0 Å². The predicted molar refractivity (Wildman–Crippen MR) is 113 cm³/mol. The van der Waals surface area contributed by atoms with Crippen LogP contribution in [0.25, 0.3) is 6.08 Å².